The first-order valence-electron chi connectivity index (χ1n) is 6.89. The molecular formula is C14H19N3OS. The Labute approximate surface area is 117 Å². The van der Waals surface area contributed by atoms with E-state index in [0.29, 0.717) is 24.3 Å². The van der Waals surface area contributed by atoms with Crippen molar-refractivity contribution in [2.75, 3.05) is 0 Å². The van der Waals surface area contributed by atoms with Gasteiger partial charge >= 0.3 is 0 Å². The van der Waals surface area contributed by atoms with Gasteiger partial charge in [0.25, 0.3) is 0 Å². The lowest BCUT2D eigenvalue weighted by Gasteiger charge is -2.23. The Morgan fingerprint density at radius 3 is 2.95 bits per heavy atom. The number of rotatable bonds is 5. The van der Waals surface area contributed by atoms with Crippen LogP contribution in [0.15, 0.2) is 22.0 Å². The zero-order valence-electron chi connectivity index (χ0n) is 11.1. The van der Waals surface area contributed by atoms with E-state index in [1.807, 2.05) is 18.3 Å². The summed E-state index contributed by atoms with van der Waals surface area (Å²) < 4.78 is 5.17. The zero-order chi connectivity index (χ0) is 13.1. The predicted molar refractivity (Wildman–Crippen MR) is 74.9 cm³/mol. The number of thiophene rings is 1. The van der Waals surface area contributed by atoms with E-state index in [1.165, 1.54) is 30.6 Å². The van der Waals surface area contributed by atoms with Gasteiger partial charge in [-0.2, -0.15) is 4.98 Å². The molecule has 0 amide bonds. The van der Waals surface area contributed by atoms with Gasteiger partial charge in [-0.1, -0.05) is 24.1 Å². The van der Waals surface area contributed by atoms with Crippen LogP contribution < -0.4 is 5.32 Å². The van der Waals surface area contributed by atoms with Crippen molar-refractivity contribution in [3.05, 3.63) is 34.1 Å². The Balaban J connectivity index is 1.68. The van der Waals surface area contributed by atoms with E-state index >= 15 is 0 Å². The third-order valence-corrected chi connectivity index (χ3v) is 4.72. The maximum atomic E-state index is 5.17. The smallest absolute Gasteiger partial charge is 0.240 e. The van der Waals surface area contributed by atoms with Crippen LogP contribution in [0.4, 0.5) is 0 Å². The summed E-state index contributed by atoms with van der Waals surface area (Å²) >= 11 is 1.83. The van der Waals surface area contributed by atoms with Crippen LogP contribution in [0.3, 0.4) is 0 Å². The highest BCUT2D eigenvalue weighted by atomic mass is 32.1. The summed E-state index contributed by atoms with van der Waals surface area (Å²) in [7, 11) is 0. The van der Waals surface area contributed by atoms with Crippen molar-refractivity contribution in [1.29, 1.82) is 0 Å². The molecule has 0 bridgehead atoms. The summed E-state index contributed by atoms with van der Waals surface area (Å²) in [5, 5.41) is 9.59. The molecule has 0 spiro atoms. The van der Waals surface area contributed by atoms with Gasteiger partial charge in [0.1, 0.15) is 0 Å². The summed E-state index contributed by atoms with van der Waals surface area (Å²) in [5.74, 6) is 2.12. The second kappa shape index (κ2) is 5.84. The zero-order valence-corrected chi connectivity index (χ0v) is 11.9. The molecule has 102 valence electrons. The maximum absolute atomic E-state index is 5.17. The fourth-order valence-corrected chi connectivity index (χ4v) is 3.76. The normalized spacial score (nSPS) is 17.9. The number of hydrogen-bond acceptors (Lipinski definition) is 5. The third-order valence-electron chi connectivity index (χ3n) is 3.76. The van der Waals surface area contributed by atoms with Crippen LogP contribution in [0.25, 0.3) is 0 Å². The van der Waals surface area contributed by atoms with Gasteiger partial charge in [0.05, 0.1) is 6.54 Å². The van der Waals surface area contributed by atoms with Crippen LogP contribution in [0.2, 0.25) is 0 Å². The fraction of sp³-hybridized carbons (Fsp3) is 0.571. The SMILES string of the molecule is Cc1noc(CNC(c2cccs2)C2CCCC2)n1. The van der Waals surface area contributed by atoms with Crippen LogP contribution in [0.1, 0.15) is 48.3 Å². The van der Waals surface area contributed by atoms with E-state index in [0.717, 1.165) is 5.92 Å². The highest BCUT2D eigenvalue weighted by molar-refractivity contribution is 7.10. The monoisotopic (exact) mass is 277 g/mol. The van der Waals surface area contributed by atoms with Crippen molar-refractivity contribution in [3.8, 4) is 0 Å². The molecule has 1 N–H and O–H groups in total. The van der Waals surface area contributed by atoms with Crippen molar-refractivity contribution >= 4 is 11.3 Å². The molecule has 2 aromatic heterocycles. The third kappa shape index (κ3) is 3.04. The first-order valence-corrected chi connectivity index (χ1v) is 7.77. The number of nitrogens with zero attached hydrogens (tertiary/aromatic N) is 2. The molecule has 1 saturated carbocycles. The van der Waals surface area contributed by atoms with E-state index in [9.17, 15) is 0 Å². The summed E-state index contributed by atoms with van der Waals surface area (Å²) in [6, 6.07) is 4.77. The predicted octanol–water partition coefficient (Wildman–Crippen LogP) is 3.46. The summed E-state index contributed by atoms with van der Waals surface area (Å²) in [6.07, 6.45) is 5.35. The molecule has 0 radical (unpaired) electrons. The molecule has 2 heterocycles. The largest absolute Gasteiger partial charge is 0.338 e. The first-order chi connectivity index (χ1) is 9.33. The molecule has 1 aliphatic carbocycles. The molecule has 3 rings (SSSR count). The second-order valence-corrected chi connectivity index (χ2v) is 6.13. The topological polar surface area (TPSA) is 51.0 Å². The van der Waals surface area contributed by atoms with E-state index in [4.69, 9.17) is 4.52 Å². The van der Waals surface area contributed by atoms with Crippen LogP contribution >= 0.6 is 11.3 Å². The summed E-state index contributed by atoms with van der Waals surface area (Å²) in [6.45, 7) is 2.50. The van der Waals surface area contributed by atoms with Gasteiger partial charge in [0, 0.05) is 10.9 Å². The lowest BCUT2D eigenvalue weighted by atomic mass is 9.97. The van der Waals surface area contributed by atoms with Crippen LogP contribution in [-0.2, 0) is 6.54 Å². The molecule has 4 nitrogen and oxygen atoms in total. The number of hydrogen-bond donors (Lipinski definition) is 1. The summed E-state index contributed by atoms with van der Waals surface area (Å²) in [5.41, 5.74) is 0. The van der Waals surface area contributed by atoms with Gasteiger partial charge in [-0.05, 0) is 37.1 Å². The minimum Gasteiger partial charge on any atom is -0.338 e. The standard InChI is InChI=1S/C14H19N3OS/c1-10-16-13(18-17-10)9-15-14(11-5-2-3-6-11)12-7-4-8-19-12/h4,7-8,11,14-15H,2-3,5-6,9H2,1H3. The minimum absolute atomic E-state index is 0.426. The lowest BCUT2D eigenvalue weighted by Crippen LogP contribution is -2.26. The lowest BCUT2D eigenvalue weighted by molar-refractivity contribution is 0.323. The Bertz CT molecular complexity index is 503. The van der Waals surface area contributed by atoms with Crippen LogP contribution in [0, 0.1) is 12.8 Å². The number of aromatic nitrogens is 2. The molecule has 1 aliphatic rings. The molecule has 19 heavy (non-hydrogen) atoms. The Hall–Kier alpha value is -1.20. The molecule has 0 aliphatic heterocycles. The van der Waals surface area contributed by atoms with Gasteiger partial charge in [0.15, 0.2) is 5.82 Å². The Morgan fingerprint density at radius 2 is 2.32 bits per heavy atom. The van der Waals surface area contributed by atoms with E-state index in [2.05, 4.69) is 33.0 Å². The molecule has 0 saturated heterocycles. The van der Waals surface area contributed by atoms with Gasteiger partial charge in [-0.25, -0.2) is 0 Å². The summed E-state index contributed by atoms with van der Waals surface area (Å²) in [4.78, 5) is 5.67. The highest BCUT2D eigenvalue weighted by Crippen LogP contribution is 2.37. The van der Waals surface area contributed by atoms with Crippen molar-refractivity contribution in [3.63, 3.8) is 0 Å². The van der Waals surface area contributed by atoms with Gasteiger partial charge in [-0.15, -0.1) is 11.3 Å². The number of aryl methyl sites for hydroxylation is 1. The molecule has 2 aromatic rings. The maximum Gasteiger partial charge on any atom is 0.240 e. The first kappa shape index (κ1) is 12.8. The van der Waals surface area contributed by atoms with E-state index < -0.39 is 0 Å². The molecule has 0 aromatic carbocycles. The van der Waals surface area contributed by atoms with Gasteiger partial charge < -0.3 is 9.84 Å². The van der Waals surface area contributed by atoms with Gasteiger partial charge in [0.2, 0.25) is 5.89 Å². The molecule has 5 heteroatoms. The Kier molecular flexibility index (Phi) is 3.94. The van der Waals surface area contributed by atoms with Crippen molar-refractivity contribution in [2.45, 2.75) is 45.2 Å². The van der Waals surface area contributed by atoms with Crippen LogP contribution in [0.5, 0.6) is 0 Å². The average molecular weight is 277 g/mol. The highest BCUT2D eigenvalue weighted by Gasteiger charge is 2.27. The van der Waals surface area contributed by atoms with Crippen molar-refractivity contribution in [1.82, 2.24) is 15.5 Å². The molecular weight excluding hydrogens is 258 g/mol. The van der Waals surface area contributed by atoms with E-state index in [-0.39, 0.29) is 0 Å². The Morgan fingerprint density at radius 1 is 1.47 bits per heavy atom. The average Bonchev–Trinajstić information content (AvgIpc) is 3.11. The van der Waals surface area contributed by atoms with Crippen molar-refractivity contribution in [2.24, 2.45) is 5.92 Å². The van der Waals surface area contributed by atoms with E-state index in [1.54, 1.807) is 0 Å². The molecule has 1 fully saturated rings. The quantitative estimate of drug-likeness (QED) is 0.909. The molecule has 1 atom stereocenters. The van der Waals surface area contributed by atoms with Crippen molar-refractivity contribution < 1.29 is 4.52 Å². The second-order valence-electron chi connectivity index (χ2n) is 5.15. The molecule has 1 unspecified atom stereocenters. The minimum atomic E-state index is 0.426. The van der Waals surface area contributed by atoms with Gasteiger partial charge in [-0.3, -0.25) is 0 Å². The number of nitrogens with one attached hydrogen (secondary N) is 1. The fourth-order valence-electron chi connectivity index (χ4n) is 2.87. The van der Waals surface area contributed by atoms with Crippen LogP contribution in [-0.4, -0.2) is 10.1 Å².